The van der Waals surface area contributed by atoms with Gasteiger partial charge < -0.3 is 9.47 Å². The third-order valence-corrected chi connectivity index (χ3v) is 5.13. The zero-order valence-corrected chi connectivity index (χ0v) is 17.0. The molecule has 0 aliphatic carbocycles. The van der Waals surface area contributed by atoms with Crippen molar-refractivity contribution in [3.8, 4) is 5.75 Å². The quantitative estimate of drug-likeness (QED) is 0.318. The lowest BCUT2D eigenvalue weighted by Crippen LogP contribution is -2.10. The van der Waals surface area contributed by atoms with E-state index < -0.39 is 0 Å². The van der Waals surface area contributed by atoms with Crippen LogP contribution >= 0.6 is 0 Å². The molecule has 2 nitrogen and oxygen atoms in total. The molecule has 4 aromatic carbocycles. The molecule has 0 aromatic heterocycles. The Balaban J connectivity index is 1.43. The minimum atomic E-state index is 0.179. The molecule has 1 atom stereocenters. The van der Waals surface area contributed by atoms with E-state index >= 15 is 0 Å². The highest BCUT2D eigenvalue weighted by atomic mass is 16.5. The van der Waals surface area contributed by atoms with Crippen molar-refractivity contribution in [2.75, 3.05) is 6.61 Å². The van der Waals surface area contributed by atoms with Crippen molar-refractivity contribution in [3.63, 3.8) is 0 Å². The zero-order chi connectivity index (χ0) is 20.4. The van der Waals surface area contributed by atoms with E-state index in [1.807, 2.05) is 54.6 Å². The van der Waals surface area contributed by atoms with Gasteiger partial charge in [-0.05, 0) is 34.4 Å². The Bertz CT molecular complexity index is 997. The second-order valence-corrected chi connectivity index (χ2v) is 7.31. The van der Waals surface area contributed by atoms with Crippen molar-refractivity contribution in [2.24, 2.45) is 0 Å². The van der Waals surface area contributed by atoms with E-state index in [1.165, 1.54) is 16.7 Å². The Labute approximate surface area is 178 Å². The third-order valence-electron chi connectivity index (χ3n) is 5.13. The zero-order valence-electron chi connectivity index (χ0n) is 17.0. The number of hydrogen-bond donors (Lipinski definition) is 0. The van der Waals surface area contributed by atoms with Crippen LogP contribution in [0.25, 0.3) is 0 Å². The second kappa shape index (κ2) is 10.4. The summed E-state index contributed by atoms with van der Waals surface area (Å²) in [6.45, 7) is 1.81. The maximum Gasteiger partial charge on any atom is 0.119 e. The highest BCUT2D eigenvalue weighted by Gasteiger charge is 2.15. The van der Waals surface area contributed by atoms with E-state index in [0.29, 0.717) is 19.8 Å². The van der Waals surface area contributed by atoms with Gasteiger partial charge in [0.25, 0.3) is 0 Å². The molecule has 2 heteroatoms. The molecule has 0 amide bonds. The van der Waals surface area contributed by atoms with Crippen molar-refractivity contribution in [1.29, 1.82) is 0 Å². The molecule has 0 aliphatic rings. The molecule has 0 bridgehead atoms. The molecule has 4 rings (SSSR count). The van der Waals surface area contributed by atoms with E-state index in [9.17, 15) is 0 Å². The standard InChI is InChI=1S/C28H26O2/c1-4-10-23(11-5-1)20-29-22-28(25-14-8-3-9-15-25)26-16-18-27(19-17-26)30-21-24-12-6-2-7-13-24/h1-19,28H,20-22H2. The largest absolute Gasteiger partial charge is 0.489 e. The van der Waals surface area contributed by atoms with Gasteiger partial charge in [-0.2, -0.15) is 0 Å². The smallest absolute Gasteiger partial charge is 0.119 e. The van der Waals surface area contributed by atoms with Gasteiger partial charge in [-0.15, -0.1) is 0 Å². The van der Waals surface area contributed by atoms with Gasteiger partial charge in [-0.3, -0.25) is 0 Å². The molecule has 1 unspecified atom stereocenters. The fraction of sp³-hybridized carbons (Fsp3) is 0.143. The van der Waals surface area contributed by atoms with Gasteiger partial charge in [0.15, 0.2) is 0 Å². The average molecular weight is 395 g/mol. The van der Waals surface area contributed by atoms with Crippen molar-refractivity contribution >= 4 is 0 Å². The summed E-state index contributed by atoms with van der Waals surface area (Å²) in [5, 5.41) is 0. The van der Waals surface area contributed by atoms with Gasteiger partial charge in [-0.25, -0.2) is 0 Å². The van der Waals surface area contributed by atoms with Crippen molar-refractivity contribution in [1.82, 2.24) is 0 Å². The molecule has 0 N–H and O–H groups in total. The minimum absolute atomic E-state index is 0.179. The number of hydrogen-bond acceptors (Lipinski definition) is 2. The van der Waals surface area contributed by atoms with E-state index in [2.05, 4.69) is 60.7 Å². The summed E-state index contributed by atoms with van der Waals surface area (Å²) in [5.74, 6) is 1.05. The van der Waals surface area contributed by atoms with Crippen LogP contribution in [0.3, 0.4) is 0 Å². The first kappa shape index (κ1) is 19.9. The predicted octanol–water partition coefficient (Wildman–Crippen LogP) is 6.61. The van der Waals surface area contributed by atoms with E-state index in [0.717, 1.165) is 11.3 Å². The number of ether oxygens (including phenoxy) is 2. The van der Waals surface area contributed by atoms with E-state index in [4.69, 9.17) is 9.47 Å². The van der Waals surface area contributed by atoms with E-state index in [1.54, 1.807) is 0 Å². The third kappa shape index (κ3) is 5.59. The average Bonchev–Trinajstić information content (AvgIpc) is 2.83. The molecule has 0 saturated heterocycles. The lowest BCUT2D eigenvalue weighted by atomic mass is 9.92. The normalized spacial score (nSPS) is 11.7. The summed E-state index contributed by atoms with van der Waals surface area (Å²) >= 11 is 0. The topological polar surface area (TPSA) is 18.5 Å². The lowest BCUT2D eigenvalue weighted by molar-refractivity contribution is 0.114. The Morgan fingerprint density at radius 1 is 0.500 bits per heavy atom. The van der Waals surface area contributed by atoms with Crippen molar-refractivity contribution < 1.29 is 9.47 Å². The summed E-state index contributed by atoms with van der Waals surface area (Å²) in [5.41, 5.74) is 4.83. The maximum absolute atomic E-state index is 6.09. The molecule has 150 valence electrons. The first-order chi connectivity index (χ1) is 14.9. The number of rotatable bonds is 9. The molecule has 0 aliphatic heterocycles. The Hall–Kier alpha value is -3.36. The Kier molecular flexibility index (Phi) is 6.93. The van der Waals surface area contributed by atoms with Gasteiger partial charge >= 0.3 is 0 Å². The maximum atomic E-state index is 6.09. The summed E-state index contributed by atoms with van der Waals surface area (Å²) in [4.78, 5) is 0. The van der Waals surface area contributed by atoms with Crippen molar-refractivity contribution in [3.05, 3.63) is 138 Å². The number of benzene rings is 4. The molecule has 0 radical (unpaired) electrons. The molecule has 0 heterocycles. The van der Waals surface area contributed by atoms with Gasteiger partial charge in [-0.1, -0.05) is 103 Å². The first-order valence-electron chi connectivity index (χ1n) is 10.3. The van der Waals surface area contributed by atoms with Crippen LogP contribution in [0.5, 0.6) is 5.75 Å². The Morgan fingerprint density at radius 2 is 1.00 bits per heavy atom. The molecule has 0 spiro atoms. The predicted molar refractivity (Wildman–Crippen MR) is 122 cm³/mol. The lowest BCUT2D eigenvalue weighted by Gasteiger charge is -2.19. The summed E-state index contributed by atoms with van der Waals surface area (Å²) in [6, 6.07) is 39.4. The molecule has 30 heavy (non-hydrogen) atoms. The SMILES string of the molecule is c1ccc(COCC(c2ccccc2)c2ccc(OCc3ccccc3)cc2)cc1. The molecule has 4 aromatic rings. The highest BCUT2D eigenvalue weighted by molar-refractivity contribution is 5.36. The van der Waals surface area contributed by atoms with Gasteiger partial charge in [0.1, 0.15) is 12.4 Å². The van der Waals surface area contributed by atoms with Gasteiger partial charge in [0.2, 0.25) is 0 Å². The Morgan fingerprint density at radius 3 is 1.60 bits per heavy atom. The molecular weight excluding hydrogens is 368 g/mol. The van der Waals surface area contributed by atoms with E-state index in [-0.39, 0.29) is 5.92 Å². The minimum Gasteiger partial charge on any atom is -0.489 e. The fourth-order valence-electron chi connectivity index (χ4n) is 3.48. The first-order valence-corrected chi connectivity index (χ1v) is 10.3. The highest BCUT2D eigenvalue weighted by Crippen LogP contribution is 2.27. The van der Waals surface area contributed by atoms with Crippen LogP contribution in [0.1, 0.15) is 28.2 Å². The summed E-state index contributed by atoms with van der Waals surface area (Å²) in [6.07, 6.45) is 0. The molecule has 0 fully saturated rings. The van der Waals surface area contributed by atoms with Gasteiger partial charge in [0.05, 0.1) is 13.2 Å². The van der Waals surface area contributed by atoms with Crippen LogP contribution in [0, 0.1) is 0 Å². The van der Waals surface area contributed by atoms with Crippen LogP contribution in [-0.2, 0) is 18.0 Å². The van der Waals surface area contributed by atoms with Crippen LogP contribution in [0.4, 0.5) is 0 Å². The van der Waals surface area contributed by atoms with Crippen LogP contribution in [-0.4, -0.2) is 6.61 Å². The van der Waals surface area contributed by atoms with Crippen molar-refractivity contribution in [2.45, 2.75) is 19.1 Å². The van der Waals surface area contributed by atoms with Gasteiger partial charge in [0, 0.05) is 5.92 Å². The fourth-order valence-corrected chi connectivity index (χ4v) is 3.48. The molecular formula is C28H26O2. The monoisotopic (exact) mass is 394 g/mol. The molecule has 0 saturated carbocycles. The second-order valence-electron chi connectivity index (χ2n) is 7.31. The van der Waals surface area contributed by atoms with Crippen LogP contribution in [0.15, 0.2) is 115 Å². The summed E-state index contributed by atoms with van der Waals surface area (Å²) < 4.78 is 12.0. The van der Waals surface area contributed by atoms with Crippen LogP contribution < -0.4 is 4.74 Å². The summed E-state index contributed by atoms with van der Waals surface area (Å²) in [7, 11) is 0. The van der Waals surface area contributed by atoms with Crippen LogP contribution in [0.2, 0.25) is 0 Å².